The molecule has 1 aromatic heterocycles. The molecule has 1 aliphatic rings. The zero-order valence-corrected chi connectivity index (χ0v) is 21.7. The number of hydrogen-bond donors (Lipinski definition) is 2. The fraction of sp³-hybridized carbons (Fsp3) is 0.107. The van der Waals surface area contributed by atoms with Crippen molar-refractivity contribution in [3.05, 3.63) is 84.4 Å². The highest BCUT2D eigenvalue weighted by Crippen LogP contribution is 2.36. The number of thiazole rings is 1. The molecule has 1 unspecified atom stereocenters. The molecule has 38 heavy (non-hydrogen) atoms. The highest BCUT2D eigenvalue weighted by molar-refractivity contribution is 8.00. The zero-order valence-electron chi connectivity index (χ0n) is 20.1. The highest BCUT2D eigenvalue weighted by Gasteiger charge is 2.40. The predicted molar refractivity (Wildman–Crippen MR) is 148 cm³/mol. The largest absolute Gasteiger partial charge is 0.478 e. The summed E-state index contributed by atoms with van der Waals surface area (Å²) in [6, 6.07) is 20.2. The van der Waals surface area contributed by atoms with E-state index >= 15 is 0 Å². The maximum atomic E-state index is 13.2. The molecule has 4 aromatic rings. The number of thioether (sulfide) groups is 1. The van der Waals surface area contributed by atoms with E-state index in [9.17, 15) is 19.2 Å². The summed E-state index contributed by atoms with van der Waals surface area (Å²) in [5.74, 6) is -2.39. The van der Waals surface area contributed by atoms with E-state index in [1.165, 1.54) is 22.2 Å². The van der Waals surface area contributed by atoms with Gasteiger partial charge in [-0.05, 0) is 67.1 Å². The van der Waals surface area contributed by atoms with Crippen LogP contribution in [-0.4, -0.2) is 39.0 Å². The van der Waals surface area contributed by atoms with E-state index < -0.39 is 17.1 Å². The second-order valence-corrected chi connectivity index (χ2v) is 10.9. The first-order valence-corrected chi connectivity index (χ1v) is 13.3. The molecule has 2 heterocycles. The quantitative estimate of drug-likeness (QED) is 0.241. The number of amides is 3. The molecule has 3 aromatic carbocycles. The summed E-state index contributed by atoms with van der Waals surface area (Å²) in [6.07, 6.45) is 1.72. The third kappa shape index (κ3) is 5.51. The normalized spacial score (nSPS) is 15.5. The van der Waals surface area contributed by atoms with Crippen LogP contribution in [-0.2, 0) is 19.2 Å². The van der Waals surface area contributed by atoms with Crippen LogP contribution in [0.1, 0.15) is 12.0 Å². The Morgan fingerprint density at radius 1 is 1.08 bits per heavy atom. The molecule has 2 N–H and O–H groups in total. The van der Waals surface area contributed by atoms with E-state index in [4.69, 9.17) is 10.1 Å². The van der Waals surface area contributed by atoms with E-state index in [0.717, 1.165) is 32.9 Å². The summed E-state index contributed by atoms with van der Waals surface area (Å²) in [7, 11) is 0. The zero-order chi connectivity index (χ0) is 26.8. The lowest BCUT2D eigenvalue weighted by Crippen LogP contribution is -2.31. The van der Waals surface area contributed by atoms with Gasteiger partial charge in [0.05, 0.1) is 21.2 Å². The number of aromatic nitrogens is 1. The van der Waals surface area contributed by atoms with E-state index in [2.05, 4.69) is 11.4 Å². The molecule has 0 spiro atoms. The van der Waals surface area contributed by atoms with Gasteiger partial charge in [-0.2, -0.15) is 0 Å². The lowest BCUT2D eigenvalue weighted by molar-refractivity contribution is -0.131. The average molecular weight is 544 g/mol. The highest BCUT2D eigenvalue weighted by atomic mass is 32.2. The first-order valence-electron chi connectivity index (χ1n) is 11.6. The van der Waals surface area contributed by atoms with Crippen LogP contribution in [0.15, 0.2) is 83.8 Å². The number of nitrogens with zero attached hydrogens (tertiary/aromatic N) is 2. The lowest BCUT2D eigenvalue weighted by atomic mass is 10.2. The van der Waals surface area contributed by atoms with E-state index in [1.54, 1.807) is 47.7 Å². The van der Waals surface area contributed by atoms with Crippen molar-refractivity contribution >= 4 is 68.4 Å². The Bertz CT molecular complexity index is 1610. The van der Waals surface area contributed by atoms with Crippen molar-refractivity contribution in [1.82, 2.24) is 4.98 Å². The molecule has 190 valence electrons. The van der Waals surface area contributed by atoms with Gasteiger partial charge in [-0.25, -0.2) is 14.7 Å². The van der Waals surface area contributed by atoms with Crippen LogP contribution >= 0.6 is 23.1 Å². The smallest absolute Gasteiger partial charge is 0.328 e. The van der Waals surface area contributed by atoms with Gasteiger partial charge in [-0.1, -0.05) is 12.1 Å². The monoisotopic (exact) mass is 543 g/mol. The topological polar surface area (TPSA) is 117 Å². The maximum Gasteiger partial charge on any atom is 0.328 e. The summed E-state index contributed by atoms with van der Waals surface area (Å²) in [5.41, 5.74) is 3.98. The number of benzene rings is 3. The molecule has 1 atom stereocenters. The minimum Gasteiger partial charge on any atom is -0.478 e. The van der Waals surface area contributed by atoms with Gasteiger partial charge in [-0.15, -0.1) is 23.1 Å². The maximum absolute atomic E-state index is 13.2. The standard InChI is InChI=1S/C28H21N3O5S2/c1-16-5-10-21-22(13-16)38-27(30-21)17-6-8-19(9-7-17)31-25(33)15-23(28(31)36)37-20-4-2-3-18(14-20)29-24(32)11-12-26(34)35/h2-14,23H,15H2,1H3,(H,29,32)(H,34,35)/b12-11+. The van der Waals surface area contributed by atoms with Crippen molar-refractivity contribution in [3.63, 3.8) is 0 Å². The van der Waals surface area contributed by atoms with Crippen LogP contribution in [0.4, 0.5) is 11.4 Å². The Balaban J connectivity index is 1.28. The van der Waals surface area contributed by atoms with Crippen molar-refractivity contribution in [2.24, 2.45) is 0 Å². The summed E-state index contributed by atoms with van der Waals surface area (Å²) >= 11 is 2.84. The average Bonchev–Trinajstić information content (AvgIpc) is 3.42. The van der Waals surface area contributed by atoms with Gasteiger partial charge in [0.2, 0.25) is 17.7 Å². The molecule has 0 aliphatic carbocycles. The molecule has 10 heteroatoms. The number of carboxylic acids is 1. The lowest BCUT2D eigenvalue weighted by Gasteiger charge is -2.15. The molecule has 1 aliphatic heterocycles. The van der Waals surface area contributed by atoms with Gasteiger partial charge in [0.1, 0.15) is 5.01 Å². The number of aryl methyl sites for hydroxylation is 1. The number of carboxylic acid groups (broad SMARTS) is 1. The van der Waals surface area contributed by atoms with Gasteiger partial charge >= 0.3 is 5.97 Å². The Hall–Kier alpha value is -4.28. The van der Waals surface area contributed by atoms with Crippen molar-refractivity contribution in [1.29, 1.82) is 0 Å². The SMILES string of the molecule is Cc1ccc2nc(-c3ccc(N4C(=O)CC(Sc5cccc(NC(=O)/C=C/C(=O)O)c5)C4=O)cc3)sc2c1. The van der Waals surface area contributed by atoms with Crippen LogP contribution in [0.5, 0.6) is 0 Å². The minimum atomic E-state index is -1.22. The summed E-state index contributed by atoms with van der Waals surface area (Å²) < 4.78 is 1.11. The number of nitrogens with one attached hydrogen (secondary N) is 1. The van der Waals surface area contributed by atoms with Crippen LogP contribution in [0.25, 0.3) is 20.8 Å². The molecule has 5 rings (SSSR count). The number of anilines is 2. The third-order valence-corrected chi connectivity index (χ3v) is 8.02. The van der Waals surface area contributed by atoms with E-state index in [-0.39, 0.29) is 18.2 Å². The first kappa shape index (κ1) is 25.4. The van der Waals surface area contributed by atoms with E-state index in [1.807, 2.05) is 31.2 Å². The van der Waals surface area contributed by atoms with Gasteiger partial charge in [0.15, 0.2) is 0 Å². The van der Waals surface area contributed by atoms with Crippen molar-refractivity contribution < 1.29 is 24.3 Å². The Morgan fingerprint density at radius 2 is 1.87 bits per heavy atom. The number of fused-ring (bicyclic) bond motifs is 1. The van der Waals surface area contributed by atoms with Crippen molar-refractivity contribution in [3.8, 4) is 10.6 Å². The van der Waals surface area contributed by atoms with Gasteiger partial charge in [0.25, 0.3) is 0 Å². The summed E-state index contributed by atoms with van der Waals surface area (Å²) in [4.78, 5) is 55.0. The van der Waals surface area contributed by atoms with Crippen LogP contribution in [0.3, 0.4) is 0 Å². The number of aliphatic carboxylic acids is 1. The van der Waals surface area contributed by atoms with Crippen LogP contribution in [0.2, 0.25) is 0 Å². The van der Waals surface area contributed by atoms with Crippen LogP contribution < -0.4 is 10.2 Å². The predicted octanol–water partition coefficient (Wildman–Crippen LogP) is 5.28. The van der Waals surface area contributed by atoms with Gasteiger partial charge < -0.3 is 10.4 Å². The van der Waals surface area contributed by atoms with E-state index in [0.29, 0.717) is 16.3 Å². The molecule has 0 saturated carbocycles. The fourth-order valence-corrected chi connectivity index (χ4v) is 6.20. The second kappa shape index (κ2) is 10.6. The molecular weight excluding hydrogens is 522 g/mol. The number of hydrogen-bond acceptors (Lipinski definition) is 7. The summed E-state index contributed by atoms with van der Waals surface area (Å²) in [6.45, 7) is 2.04. The molecular formula is C28H21N3O5S2. The second-order valence-electron chi connectivity index (χ2n) is 8.60. The number of carbonyl (C=O) groups is 4. The number of rotatable bonds is 7. The molecule has 1 fully saturated rings. The van der Waals surface area contributed by atoms with Crippen molar-refractivity contribution in [2.75, 3.05) is 10.2 Å². The number of carbonyl (C=O) groups excluding carboxylic acids is 3. The Labute approximate surface area is 226 Å². The Morgan fingerprint density at radius 3 is 2.63 bits per heavy atom. The minimum absolute atomic E-state index is 0.0560. The molecule has 0 bridgehead atoms. The molecule has 0 radical (unpaired) electrons. The van der Waals surface area contributed by atoms with Crippen LogP contribution in [0, 0.1) is 6.92 Å². The molecule has 1 saturated heterocycles. The summed E-state index contributed by atoms with van der Waals surface area (Å²) in [5, 5.41) is 11.5. The van der Waals surface area contributed by atoms with Gasteiger partial charge in [-0.3, -0.25) is 14.4 Å². The first-order chi connectivity index (χ1) is 18.3. The van der Waals surface area contributed by atoms with Crippen molar-refractivity contribution in [2.45, 2.75) is 23.5 Å². The number of imide groups is 1. The fourth-order valence-electron chi connectivity index (χ4n) is 4.02. The third-order valence-electron chi connectivity index (χ3n) is 5.78. The molecule has 3 amide bonds. The molecule has 8 nitrogen and oxygen atoms in total. The van der Waals surface area contributed by atoms with Gasteiger partial charge in [0, 0.05) is 34.7 Å². The Kier molecular flexibility index (Phi) is 7.08.